The monoisotopic (exact) mass is 515 g/mol. The van der Waals surface area contributed by atoms with Gasteiger partial charge >= 0.3 is 0 Å². The number of carbonyl (C=O) groups excluding carboxylic acids is 1. The Bertz CT molecular complexity index is 925. The van der Waals surface area contributed by atoms with Crippen LogP contribution in [0.1, 0.15) is 90.4 Å². The zero-order chi connectivity index (χ0) is 25.3. The third kappa shape index (κ3) is 5.28. The Kier molecular flexibility index (Phi) is 7.47. The molecule has 3 aliphatic heterocycles. The molecule has 8 heteroatoms. The van der Waals surface area contributed by atoms with Crippen LogP contribution in [0, 0.1) is 0 Å². The van der Waals surface area contributed by atoms with Crippen LogP contribution in [0.25, 0.3) is 0 Å². The van der Waals surface area contributed by atoms with E-state index >= 15 is 0 Å². The maximum absolute atomic E-state index is 13.6. The van der Waals surface area contributed by atoms with Crippen LogP contribution < -0.4 is 10.1 Å². The highest BCUT2D eigenvalue weighted by Crippen LogP contribution is 2.51. The number of hydrogen-bond acceptors (Lipinski definition) is 7. The number of rotatable bonds is 7. The molecule has 1 N–H and O–H groups in total. The molecular formula is C29H41NO7. The molecule has 1 aromatic carbocycles. The van der Waals surface area contributed by atoms with Gasteiger partial charge in [0.25, 0.3) is 5.91 Å². The molecule has 2 saturated carbocycles. The highest BCUT2D eigenvalue weighted by molar-refractivity contribution is 5.94. The maximum Gasteiger partial charge on any atom is 0.256 e. The van der Waals surface area contributed by atoms with Crippen LogP contribution in [0.2, 0.25) is 0 Å². The number of fused-ring (bicyclic) bond motifs is 3. The van der Waals surface area contributed by atoms with Crippen LogP contribution >= 0.6 is 0 Å². The van der Waals surface area contributed by atoms with Crippen molar-refractivity contribution in [3.8, 4) is 5.75 Å². The molecular weight excluding hydrogens is 474 g/mol. The van der Waals surface area contributed by atoms with Crippen molar-refractivity contribution in [2.24, 2.45) is 0 Å². The maximum atomic E-state index is 13.6. The van der Waals surface area contributed by atoms with Gasteiger partial charge in [0.2, 0.25) is 0 Å². The van der Waals surface area contributed by atoms with E-state index in [1.807, 2.05) is 24.3 Å². The quantitative estimate of drug-likeness (QED) is 0.484. The van der Waals surface area contributed by atoms with Gasteiger partial charge in [-0.1, -0.05) is 32.6 Å². The number of hydrogen-bond donors (Lipinski definition) is 1. The smallest absolute Gasteiger partial charge is 0.256 e. The first-order chi connectivity index (χ1) is 18.1. The summed E-state index contributed by atoms with van der Waals surface area (Å²) in [6.07, 6.45) is 10.5. The molecule has 5 atom stereocenters. The van der Waals surface area contributed by atoms with Crippen molar-refractivity contribution in [3.05, 3.63) is 24.3 Å². The number of unbranched alkanes of at least 4 members (excludes halogenated alkanes) is 2. The summed E-state index contributed by atoms with van der Waals surface area (Å²) >= 11 is 0. The molecule has 2 aliphatic carbocycles. The van der Waals surface area contributed by atoms with E-state index in [2.05, 4.69) is 12.2 Å². The van der Waals surface area contributed by atoms with Gasteiger partial charge in [-0.25, -0.2) is 0 Å². The van der Waals surface area contributed by atoms with E-state index in [4.69, 9.17) is 28.4 Å². The fraction of sp³-hybridized carbons (Fsp3) is 0.759. The van der Waals surface area contributed by atoms with Gasteiger partial charge in [-0.05, 0) is 56.4 Å². The van der Waals surface area contributed by atoms with Gasteiger partial charge in [-0.2, -0.15) is 0 Å². The molecule has 0 unspecified atom stereocenters. The Labute approximate surface area is 219 Å². The van der Waals surface area contributed by atoms with Crippen LogP contribution in [0.15, 0.2) is 24.3 Å². The Morgan fingerprint density at radius 1 is 0.838 bits per heavy atom. The lowest BCUT2D eigenvalue weighted by molar-refractivity contribution is -0.246. The van der Waals surface area contributed by atoms with Crippen LogP contribution in [0.3, 0.4) is 0 Å². The predicted molar refractivity (Wildman–Crippen MR) is 136 cm³/mol. The number of benzene rings is 1. The van der Waals surface area contributed by atoms with Crippen molar-refractivity contribution in [1.29, 1.82) is 0 Å². The molecule has 8 nitrogen and oxygen atoms in total. The fourth-order valence-electron chi connectivity index (χ4n) is 6.56. The van der Waals surface area contributed by atoms with Crippen molar-refractivity contribution >= 4 is 11.6 Å². The number of carbonyl (C=O) groups is 1. The van der Waals surface area contributed by atoms with Crippen molar-refractivity contribution in [2.45, 2.75) is 133 Å². The topological polar surface area (TPSA) is 84.5 Å². The minimum Gasteiger partial charge on any atom is -0.494 e. The number of amides is 1. The zero-order valence-electron chi connectivity index (χ0n) is 22.0. The normalized spacial score (nSPS) is 33.7. The van der Waals surface area contributed by atoms with Gasteiger partial charge in [0.1, 0.15) is 24.1 Å². The molecule has 1 amide bonds. The standard InChI is InChI=1S/C29H41NO7/c1-2-3-10-19-32-21-13-11-20(12-14-21)30-26(31)24-22-23(35-28(34-22)15-6-4-7-16-28)25-27(33-24)37-29(36-25)17-8-5-9-18-29/h11-14,22-25,27H,2-10,15-19H2,1H3,(H,30,31)/t22-,23-,24-,25-,27-/m1/s1. The second-order valence-corrected chi connectivity index (χ2v) is 11.3. The lowest BCUT2D eigenvalue weighted by atomic mass is 9.94. The van der Waals surface area contributed by atoms with Gasteiger partial charge in [-0.15, -0.1) is 0 Å². The minimum atomic E-state index is -0.847. The first kappa shape index (κ1) is 25.6. The summed E-state index contributed by atoms with van der Waals surface area (Å²) in [5.41, 5.74) is 0.687. The Hall–Kier alpha value is -1.71. The molecule has 204 valence electrons. The average molecular weight is 516 g/mol. The van der Waals surface area contributed by atoms with E-state index in [0.717, 1.165) is 76.4 Å². The Morgan fingerprint density at radius 3 is 2.14 bits per heavy atom. The summed E-state index contributed by atoms with van der Waals surface area (Å²) in [6.45, 7) is 2.87. The van der Waals surface area contributed by atoms with Gasteiger partial charge in [-0.3, -0.25) is 4.79 Å². The number of nitrogens with one attached hydrogen (secondary N) is 1. The van der Waals surface area contributed by atoms with Crippen molar-refractivity contribution in [2.75, 3.05) is 11.9 Å². The Balaban J connectivity index is 1.16. The van der Waals surface area contributed by atoms with Gasteiger partial charge in [0.05, 0.1) is 6.61 Å². The van der Waals surface area contributed by atoms with E-state index < -0.39 is 42.3 Å². The molecule has 3 heterocycles. The molecule has 5 fully saturated rings. The average Bonchev–Trinajstić information content (AvgIpc) is 3.45. The van der Waals surface area contributed by atoms with E-state index in [0.29, 0.717) is 12.3 Å². The fourth-order valence-corrected chi connectivity index (χ4v) is 6.56. The molecule has 3 saturated heterocycles. The van der Waals surface area contributed by atoms with Gasteiger partial charge in [0, 0.05) is 31.4 Å². The second-order valence-electron chi connectivity index (χ2n) is 11.3. The number of anilines is 1. The zero-order valence-corrected chi connectivity index (χ0v) is 22.0. The molecule has 0 aromatic heterocycles. The van der Waals surface area contributed by atoms with Crippen molar-refractivity contribution < 1.29 is 33.2 Å². The van der Waals surface area contributed by atoms with E-state index in [9.17, 15) is 4.79 Å². The predicted octanol–water partition coefficient (Wildman–Crippen LogP) is 5.44. The lowest BCUT2D eigenvalue weighted by Gasteiger charge is -2.36. The van der Waals surface area contributed by atoms with Crippen molar-refractivity contribution in [3.63, 3.8) is 0 Å². The van der Waals surface area contributed by atoms with Crippen molar-refractivity contribution in [1.82, 2.24) is 0 Å². The summed E-state index contributed by atoms with van der Waals surface area (Å²) in [4.78, 5) is 13.6. The largest absolute Gasteiger partial charge is 0.494 e. The first-order valence-electron chi connectivity index (χ1n) is 14.5. The summed E-state index contributed by atoms with van der Waals surface area (Å²) in [7, 11) is 0. The van der Waals surface area contributed by atoms with E-state index in [1.165, 1.54) is 12.8 Å². The highest BCUT2D eigenvalue weighted by Gasteiger charge is 2.65. The molecule has 0 radical (unpaired) electrons. The molecule has 5 aliphatic rings. The lowest BCUT2D eigenvalue weighted by Crippen LogP contribution is -2.58. The first-order valence-corrected chi connectivity index (χ1v) is 14.5. The second kappa shape index (κ2) is 10.8. The van der Waals surface area contributed by atoms with Gasteiger partial charge < -0.3 is 33.7 Å². The molecule has 37 heavy (non-hydrogen) atoms. The van der Waals surface area contributed by atoms with Crippen LogP contribution in [0.4, 0.5) is 5.69 Å². The van der Waals surface area contributed by atoms with Crippen LogP contribution in [-0.2, 0) is 28.5 Å². The van der Waals surface area contributed by atoms with Crippen LogP contribution in [-0.4, -0.2) is 54.8 Å². The molecule has 2 spiro atoms. The minimum absolute atomic E-state index is 0.255. The summed E-state index contributed by atoms with van der Waals surface area (Å²) in [5, 5.41) is 3.02. The third-order valence-corrected chi connectivity index (χ3v) is 8.51. The molecule has 1 aromatic rings. The summed E-state index contributed by atoms with van der Waals surface area (Å²) < 4.78 is 38.3. The van der Waals surface area contributed by atoms with Gasteiger partial charge in [0.15, 0.2) is 24.0 Å². The Morgan fingerprint density at radius 2 is 1.46 bits per heavy atom. The molecule has 0 bridgehead atoms. The molecule has 6 rings (SSSR count). The third-order valence-electron chi connectivity index (χ3n) is 8.51. The SMILES string of the molecule is CCCCCOc1ccc(NC(=O)[C@@H]2O[C@@H]3OC4(CCCCC4)O[C@@H]3[C@@H]3OC4(CCCCC4)O[C@H]32)cc1. The van der Waals surface area contributed by atoms with Crippen LogP contribution in [0.5, 0.6) is 5.75 Å². The van der Waals surface area contributed by atoms with E-state index in [1.54, 1.807) is 0 Å². The van der Waals surface area contributed by atoms with E-state index in [-0.39, 0.29) is 5.91 Å². The number of ether oxygens (including phenoxy) is 6. The summed E-state index contributed by atoms with van der Waals surface area (Å²) in [5.74, 6) is -0.753. The summed E-state index contributed by atoms with van der Waals surface area (Å²) in [6, 6.07) is 7.48. The highest BCUT2D eigenvalue weighted by atomic mass is 16.9.